The minimum Gasteiger partial charge on any atom is -0.478 e. The van der Waals surface area contributed by atoms with Crippen LogP contribution >= 0.6 is 0 Å². The maximum atomic E-state index is 11.3. The number of carboxylic acids is 1. The van der Waals surface area contributed by atoms with E-state index in [1.54, 1.807) is 0 Å². The van der Waals surface area contributed by atoms with E-state index in [0.717, 1.165) is 25.2 Å². The molecule has 1 aliphatic carbocycles. The average Bonchev–Trinajstić information content (AvgIpc) is 2.98. The van der Waals surface area contributed by atoms with Crippen molar-refractivity contribution in [2.75, 3.05) is 6.26 Å². The lowest BCUT2D eigenvalue weighted by atomic mass is 10.2. The Bertz CT molecular complexity index is 546. The molecule has 1 fully saturated rings. The molecule has 1 aliphatic rings. The highest BCUT2D eigenvalue weighted by atomic mass is 32.2. The van der Waals surface area contributed by atoms with Crippen molar-refractivity contribution in [3.05, 3.63) is 23.4 Å². The van der Waals surface area contributed by atoms with Gasteiger partial charge in [0.1, 0.15) is 0 Å². The van der Waals surface area contributed by atoms with Crippen LogP contribution in [0.5, 0.6) is 0 Å². The number of aromatic carboxylic acids is 1. The largest absolute Gasteiger partial charge is 0.478 e. The Labute approximate surface area is 93.1 Å². The first-order valence-corrected chi connectivity index (χ1v) is 6.72. The topological polar surface area (TPSA) is 84.3 Å². The van der Waals surface area contributed by atoms with Crippen molar-refractivity contribution in [1.82, 2.24) is 4.98 Å². The fraction of sp³-hybridized carbons (Fsp3) is 0.400. The van der Waals surface area contributed by atoms with Gasteiger partial charge in [0, 0.05) is 17.9 Å². The number of hydrogen-bond acceptors (Lipinski definition) is 4. The van der Waals surface area contributed by atoms with E-state index in [-0.39, 0.29) is 16.5 Å². The van der Waals surface area contributed by atoms with Gasteiger partial charge >= 0.3 is 5.97 Å². The Morgan fingerprint density at radius 1 is 1.44 bits per heavy atom. The van der Waals surface area contributed by atoms with E-state index in [1.807, 2.05) is 0 Å². The third kappa shape index (κ3) is 2.21. The van der Waals surface area contributed by atoms with Crippen molar-refractivity contribution in [1.29, 1.82) is 0 Å². The van der Waals surface area contributed by atoms with Gasteiger partial charge in [-0.15, -0.1) is 0 Å². The molecular formula is C10H11NO4S. The molecular weight excluding hydrogens is 230 g/mol. The molecule has 1 aromatic heterocycles. The minimum atomic E-state index is -3.46. The number of carboxylic acid groups (broad SMARTS) is 1. The number of pyridine rings is 1. The van der Waals surface area contributed by atoms with Crippen molar-refractivity contribution >= 4 is 15.8 Å². The lowest BCUT2D eigenvalue weighted by molar-refractivity contribution is 0.0696. The third-order valence-corrected chi connectivity index (χ3v) is 3.41. The van der Waals surface area contributed by atoms with Crippen LogP contribution in [-0.2, 0) is 9.84 Å². The summed E-state index contributed by atoms with van der Waals surface area (Å²) in [7, 11) is -3.46. The lowest BCUT2D eigenvalue weighted by Crippen LogP contribution is -2.07. The predicted molar refractivity (Wildman–Crippen MR) is 56.3 cm³/mol. The Hall–Kier alpha value is -1.43. The molecule has 0 unspecified atom stereocenters. The first kappa shape index (κ1) is 11.1. The van der Waals surface area contributed by atoms with Crippen LogP contribution in [0.4, 0.5) is 0 Å². The summed E-state index contributed by atoms with van der Waals surface area (Å²) in [6.45, 7) is 0. The molecule has 5 nitrogen and oxygen atoms in total. The van der Waals surface area contributed by atoms with Crippen molar-refractivity contribution in [3.8, 4) is 0 Å². The molecule has 86 valence electrons. The predicted octanol–water partition coefficient (Wildman–Crippen LogP) is 1.06. The fourth-order valence-corrected chi connectivity index (χ4v) is 2.04. The molecule has 16 heavy (non-hydrogen) atoms. The van der Waals surface area contributed by atoms with Crippen molar-refractivity contribution in [2.45, 2.75) is 23.8 Å². The number of hydrogen-bond donors (Lipinski definition) is 1. The zero-order chi connectivity index (χ0) is 11.9. The number of sulfone groups is 1. The average molecular weight is 241 g/mol. The molecule has 1 N–H and O–H groups in total. The van der Waals surface area contributed by atoms with E-state index >= 15 is 0 Å². The van der Waals surface area contributed by atoms with Crippen LogP contribution in [0, 0.1) is 0 Å². The molecule has 0 aromatic carbocycles. The lowest BCUT2D eigenvalue weighted by Gasteiger charge is -2.04. The van der Waals surface area contributed by atoms with Gasteiger partial charge in [0.25, 0.3) is 0 Å². The zero-order valence-corrected chi connectivity index (χ0v) is 9.49. The molecule has 1 heterocycles. The molecule has 0 spiro atoms. The van der Waals surface area contributed by atoms with E-state index in [0.29, 0.717) is 5.69 Å². The number of aromatic nitrogens is 1. The quantitative estimate of drug-likeness (QED) is 0.855. The van der Waals surface area contributed by atoms with E-state index in [2.05, 4.69) is 4.98 Å². The Balaban J connectivity index is 2.57. The van der Waals surface area contributed by atoms with Gasteiger partial charge in [0.15, 0.2) is 14.9 Å². The molecule has 0 atom stereocenters. The van der Waals surface area contributed by atoms with Gasteiger partial charge < -0.3 is 5.11 Å². The summed E-state index contributed by atoms with van der Waals surface area (Å²) in [6, 6.07) is 2.55. The van der Waals surface area contributed by atoms with Crippen molar-refractivity contribution < 1.29 is 18.3 Å². The maximum Gasteiger partial charge on any atom is 0.335 e. The van der Waals surface area contributed by atoms with Gasteiger partial charge in [-0.1, -0.05) is 0 Å². The van der Waals surface area contributed by atoms with Crippen LogP contribution in [-0.4, -0.2) is 30.7 Å². The van der Waals surface area contributed by atoms with Crippen LogP contribution in [0.25, 0.3) is 0 Å². The molecule has 0 amide bonds. The second-order valence-electron chi connectivity index (χ2n) is 3.97. The summed E-state index contributed by atoms with van der Waals surface area (Å²) in [5, 5.41) is 8.72. The normalized spacial score (nSPS) is 16.1. The van der Waals surface area contributed by atoms with Crippen LogP contribution in [0.3, 0.4) is 0 Å². The summed E-state index contributed by atoms with van der Waals surface area (Å²) in [6.07, 6.45) is 2.91. The zero-order valence-electron chi connectivity index (χ0n) is 8.67. The third-order valence-electron chi connectivity index (χ3n) is 2.44. The van der Waals surface area contributed by atoms with Crippen LogP contribution in [0.15, 0.2) is 17.2 Å². The van der Waals surface area contributed by atoms with Gasteiger partial charge in [-0.2, -0.15) is 0 Å². The molecule has 0 saturated heterocycles. The van der Waals surface area contributed by atoms with E-state index in [1.165, 1.54) is 6.07 Å². The van der Waals surface area contributed by atoms with Crippen LogP contribution in [0.2, 0.25) is 0 Å². The van der Waals surface area contributed by atoms with Gasteiger partial charge in [-0.25, -0.2) is 18.2 Å². The molecule has 0 bridgehead atoms. The molecule has 0 aliphatic heterocycles. The highest BCUT2D eigenvalue weighted by Gasteiger charge is 2.27. The van der Waals surface area contributed by atoms with E-state index in [9.17, 15) is 13.2 Å². The minimum absolute atomic E-state index is 0.0164. The van der Waals surface area contributed by atoms with Gasteiger partial charge in [0.2, 0.25) is 0 Å². The van der Waals surface area contributed by atoms with Gasteiger partial charge in [-0.3, -0.25) is 0 Å². The van der Waals surface area contributed by atoms with Crippen LogP contribution in [0.1, 0.15) is 34.8 Å². The smallest absolute Gasteiger partial charge is 0.335 e. The number of nitrogens with zero attached hydrogens (tertiary/aromatic N) is 1. The summed E-state index contributed by atoms with van der Waals surface area (Å²) >= 11 is 0. The van der Waals surface area contributed by atoms with Gasteiger partial charge in [0.05, 0.1) is 5.56 Å². The summed E-state index contributed by atoms with van der Waals surface area (Å²) in [5.74, 6) is -0.908. The van der Waals surface area contributed by atoms with Gasteiger partial charge in [-0.05, 0) is 25.0 Å². The monoisotopic (exact) mass is 241 g/mol. The first-order chi connectivity index (χ1) is 7.38. The second-order valence-corrected chi connectivity index (χ2v) is 5.93. The highest BCUT2D eigenvalue weighted by molar-refractivity contribution is 7.90. The second kappa shape index (κ2) is 3.55. The summed E-state index contributed by atoms with van der Waals surface area (Å²) in [4.78, 5) is 14.9. The standard InChI is InChI=1S/C10H11NO4S/c1-16(14,15)9-5-7(10(12)13)4-8(11-9)6-2-3-6/h4-6H,2-3H2,1H3,(H,12,13). The Morgan fingerprint density at radius 3 is 2.50 bits per heavy atom. The first-order valence-electron chi connectivity index (χ1n) is 4.83. The van der Waals surface area contributed by atoms with Crippen molar-refractivity contribution in [3.63, 3.8) is 0 Å². The fourth-order valence-electron chi connectivity index (χ4n) is 1.43. The molecule has 1 aromatic rings. The SMILES string of the molecule is CS(=O)(=O)c1cc(C(=O)O)cc(C2CC2)n1. The summed E-state index contributed by atoms with van der Waals surface area (Å²) in [5.41, 5.74) is 0.553. The maximum absolute atomic E-state index is 11.3. The highest BCUT2D eigenvalue weighted by Crippen LogP contribution is 2.39. The molecule has 1 saturated carbocycles. The number of rotatable bonds is 3. The summed E-state index contributed by atoms with van der Waals surface area (Å²) < 4.78 is 22.7. The molecule has 0 radical (unpaired) electrons. The Kier molecular flexibility index (Phi) is 2.46. The Morgan fingerprint density at radius 2 is 2.06 bits per heavy atom. The van der Waals surface area contributed by atoms with E-state index in [4.69, 9.17) is 5.11 Å². The molecule has 6 heteroatoms. The van der Waals surface area contributed by atoms with E-state index < -0.39 is 15.8 Å². The molecule has 2 rings (SSSR count). The van der Waals surface area contributed by atoms with Crippen LogP contribution < -0.4 is 0 Å². The number of carbonyl (C=O) groups is 1. The van der Waals surface area contributed by atoms with Crippen molar-refractivity contribution in [2.24, 2.45) is 0 Å².